The lowest BCUT2D eigenvalue weighted by Gasteiger charge is -2.26. The summed E-state index contributed by atoms with van der Waals surface area (Å²) in [6.45, 7) is 2.26. The van der Waals surface area contributed by atoms with Gasteiger partial charge in [-0.1, -0.05) is 6.92 Å². The number of aromatic nitrogens is 2. The Hall–Kier alpha value is -1.72. The average molecular weight is 236 g/mol. The van der Waals surface area contributed by atoms with Crippen LogP contribution >= 0.6 is 0 Å². The molecule has 0 unspecified atom stereocenters. The van der Waals surface area contributed by atoms with E-state index in [2.05, 4.69) is 22.2 Å². The third-order valence-corrected chi connectivity index (χ3v) is 3.20. The highest BCUT2D eigenvalue weighted by Crippen LogP contribution is 2.25. The van der Waals surface area contributed by atoms with Gasteiger partial charge in [-0.05, 0) is 31.6 Å². The number of anilines is 1. The van der Waals surface area contributed by atoms with Crippen molar-refractivity contribution in [3.63, 3.8) is 0 Å². The Bertz CT molecular complexity index is 385. The smallest absolute Gasteiger partial charge is 0.305 e. The molecule has 0 radical (unpaired) electrons. The van der Waals surface area contributed by atoms with Crippen LogP contribution in [0.2, 0.25) is 0 Å². The van der Waals surface area contributed by atoms with Crippen molar-refractivity contribution in [2.45, 2.75) is 38.6 Å². The molecule has 0 amide bonds. The molecule has 0 saturated heterocycles. The summed E-state index contributed by atoms with van der Waals surface area (Å²) in [5, 5.41) is 13.7. The molecule has 0 aliphatic heterocycles. The van der Waals surface area contributed by atoms with E-state index in [-0.39, 0.29) is 5.69 Å². The quantitative estimate of drug-likeness (QED) is 0.643. The molecule has 1 heterocycles. The Labute approximate surface area is 99.6 Å². The fourth-order valence-corrected chi connectivity index (χ4v) is 2.08. The molecule has 0 atom stereocenters. The summed E-state index contributed by atoms with van der Waals surface area (Å²) in [4.78, 5) is 17.8. The third-order valence-electron chi connectivity index (χ3n) is 3.20. The summed E-state index contributed by atoms with van der Waals surface area (Å²) in [5.74, 6) is 1.28. The molecule has 6 heteroatoms. The average Bonchev–Trinajstić information content (AvgIpc) is 2.33. The zero-order valence-electron chi connectivity index (χ0n) is 9.80. The van der Waals surface area contributed by atoms with Crippen LogP contribution < -0.4 is 5.32 Å². The van der Waals surface area contributed by atoms with Crippen molar-refractivity contribution in [1.82, 2.24) is 9.97 Å². The highest BCUT2D eigenvalue weighted by atomic mass is 16.6. The summed E-state index contributed by atoms with van der Waals surface area (Å²) < 4.78 is 0. The number of nitrogens with one attached hydrogen (secondary N) is 1. The van der Waals surface area contributed by atoms with Gasteiger partial charge in [0.05, 0.1) is 4.92 Å². The minimum absolute atomic E-state index is 0.0761. The number of rotatable bonds is 3. The van der Waals surface area contributed by atoms with E-state index in [1.807, 2.05) is 0 Å². The Morgan fingerprint density at radius 2 is 1.88 bits per heavy atom. The molecule has 0 aromatic carbocycles. The highest BCUT2D eigenvalue weighted by molar-refractivity contribution is 5.31. The summed E-state index contributed by atoms with van der Waals surface area (Å²) in [7, 11) is 0. The molecular weight excluding hydrogens is 220 g/mol. The minimum atomic E-state index is -0.494. The molecule has 1 fully saturated rings. The van der Waals surface area contributed by atoms with Gasteiger partial charge in [0, 0.05) is 6.04 Å². The van der Waals surface area contributed by atoms with Gasteiger partial charge in [-0.2, -0.15) is 0 Å². The van der Waals surface area contributed by atoms with E-state index >= 15 is 0 Å². The summed E-state index contributed by atoms with van der Waals surface area (Å²) >= 11 is 0. The van der Waals surface area contributed by atoms with Gasteiger partial charge in [0.1, 0.15) is 12.4 Å². The second kappa shape index (κ2) is 5.07. The van der Waals surface area contributed by atoms with E-state index in [0.29, 0.717) is 12.0 Å². The maximum atomic E-state index is 10.4. The van der Waals surface area contributed by atoms with Crippen molar-refractivity contribution in [3.8, 4) is 0 Å². The van der Waals surface area contributed by atoms with Crippen LogP contribution in [0.1, 0.15) is 32.6 Å². The van der Waals surface area contributed by atoms with Gasteiger partial charge in [-0.25, -0.2) is 9.97 Å². The van der Waals surface area contributed by atoms with Gasteiger partial charge in [-0.3, -0.25) is 10.1 Å². The Morgan fingerprint density at radius 3 is 2.41 bits per heavy atom. The lowest BCUT2D eigenvalue weighted by atomic mass is 9.87. The topological polar surface area (TPSA) is 81.0 Å². The highest BCUT2D eigenvalue weighted by Gasteiger charge is 2.18. The van der Waals surface area contributed by atoms with E-state index in [1.165, 1.54) is 25.2 Å². The molecule has 1 aliphatic rings. The van der Waals surface area contributed by atoms with Crippen molar-refractivity contribution in [2.24, 2.45) is 5.92 Å². The molecule has 2 rings (SSSR count). The lowest BCUT2D eigenvalue weighted by Crippen LogP contribution is -2.26. The van der Waals surface area contributed by atoms with E-state index in [4.69, 9.17) is 0 Å². The second-order valence-electron chi connectivity index (χ2n) is 4.62. The van der Waals surface area contributed by atoms with Crippen LogP contribution in [0.4, 0.5) is 11.6 Å². The number of hydrogen-bond acceptors (Lipinski definition) is 5. The van der Waals surface area contributed by atoms with Crippen molar-refractivity contribution in [3.05, 3.63) is 22.5 Å². The third kappa shape index (κ3) is 3.12. The maximum absolute atomic E-state index is 10.4. The summed E-state index contributed by atoms with van der Waals surface area (Å²) in [5.41, 5.74) is -0.0761. The van der Waals surface area contributed by atoms with Gasteiger partial charge >= 0.3 is 5.69 Å². The van der Waals surface area contributed by atoms with Crippen LogP contribution in [0.15, 0.2) is 12.4 Å². The van der Waals surface area contributed by atoms with Crippen molar-refractivity contribution in [2.75, 3.05) is 5.32 Å². The summed E-state index contributed by atoms with van der Waals surface area (Å²) in [6.07, 6.45) is 7.12. The first-order valence-corrected chi connectivity index (χ1v) is 5.88. The fourth-order valence-electron chi connectivity index (χ4n) is 2.08. The fraction of sp³-hybridized carbons (Fsp3) is 0.636. The van der Waals surface area contributed by atoms with Crippen molar-refractivity contribution in [1.29, 1.82) is 0 Å². The first-order chi connectivity index (χ1) is 8.15. The summed E-state index contributed by atoms with van der Waals surface area (Å²) in [6, 6.07) is 0.396. The zero-order chi connectivity index (χ0) is 12.3. The molecule has 1 N–H and O–H groups in total. The van der Waals surface area contributed by atoms with Crippen LogP contribution in [0.25, 0.3) is 0 Å². The predicted octanol–water partition coefficient (Wildman–Crippen LogP) is 2.38. The molecule has 6 nitrogen and oxygen atoms in total. The normalized spacial score (nSPS) is 24.3. The first-order valence-electron chi connectivity index (χ1n) is 5.88. The molecule has 0 spiro atoms. The molecule has 92 valence electrons. The minimum Gasteiger partial charge on any atom is -0.351 e. The molecule has 1 aromatic heterocycles. The van der Waals surface area contributed by atoms with Crippen molar-refractivity contribution >= 4 is 11.6 Å². The molecule has 1 aromatic rings. The van der Waals surface area contributed by atoms with Crippen LogP contribution in [0.3, 0.4) is 0 Å². The van der Waals surface area contributed by atoms with E-state index in [0.717, 1.165) is 18.8 Å². The zero-order valence-corrected chi connectivity index (χ0v) is 9.80. The molecule has 0 bridgehead atoms. The van der Waals surface area contributed by atoms with Crippen LogP contribution in [-0.2, 0) is 0 Å². The monoisotopic (exact) mass is 236 g/mol. The predicted molar refractivity (Wildman–Crippen MR) is 63.7 cm³/mol. The molecule has 1 aliphatic carbocycles. The van der Waals surface area contributed by atoms with Crippen LogP contribution in [0.5, 0.6) is 0 Å². The van der Waals surface area contributed by atoms with Crippen LogP contribution in [-0.4, -0.2) is 20.9 Å². The van der Waals surface area contributed by atoms with Gasteiger partial charge in [0.25, 0.3) is 0 Å². The van der Waals surface area contributed by atoms with Crippen molar-refractivity contribution < 1.29 is 4.92 Å². The molecule has 1 saturated carbocycles. The maximum Gasteiger partial charge on any atom is 0.305 e. The first kappa shape index (κ1) is 11.8. The van der Waals surface area contributed by atoms with Crippen LogP contribution in [0, 0.1) is 16.0 Å². The lowest BCUT2D eigenvalue weighted by molar-refractivity contribution is -0.385. The SMILES string of the molecule is CC1CCC(Nc2ncc([N+](=O)[O-])cn2)CC1. The standard InChI is InChI=1S/C11H16N4O2/c1-8-2-4-9(5-3-8)14-11-12-6-10(7-13-11)15(16)17/h6-9H,2-5H2,1H3,(H,12,13,14). The second-order valence-corrected chi connectivity index (χ2v) is 4.62. The van der Waals surface area contributed by atoms with Gasteiger partial charge in [0.2, 0.25) is 5.95 Å². The van der Waals surface area contributed by atoms with E-state index in [1.54, 1.807) is 0 Å². The number of hydrogen-bond donors (Lipinski definition) is 1. The Kier molecular flexibility index (Phi) is 3.51. The van der Waals surface area contributed by atoms with Gasteiger partial charge in [-0.15, -0.1) is 0 Å². The number of nitrogens with zero attached hydrogens (tertiary/aromatic N) is 3. The Morgan fingerprint density at radius 1 is 1.29 bits per heavy atom. The molecule has 17 heavy (non-hydrogen) atoms. The van der Waals surface area contributed by atoms with E-state index < -0.39 is 4.92 Å². The van der Waals surface area contributed by atoms with Gasteiger partial charge < -0.3 is 5.32 Å². The van der Waals surface area contributed by atoms with Gasteiger partial charge in [0.15, 0.2) is 0 Å². The van der Waals surface area contributed by atoms with E-state index in [9.17, 15) is 10.1 Å². The largest absolute Gasteiger partial charge is 0.351 e. The number of nitro groups is 1. The Balaban J connectivity index is 1.92. The molecular formula is C11H16N4O2.